The Bertz CT molecular complexity index is 319. The number of nitrogens with zero attached hydrogens (tertiary/aromatic N) is 1. The van der Waals surface area contributed by atoms with Gasteiger partial charge in [-0.2, -0.15) is 0 Å². The summed E-state index contributed by atoms with van der Waals surface area (Å²) in [5.41, 5.74) is 0. The fourth-order valence-corrected chi connectivity index (χ4v) is 1.30. The maximum atomic E-state index is 11.9. The molecular formula is C11H20N2O5. The quantitative estimate of drug-likeness (QED) is 0.676. The van der Waals surface area contributed by atoms with Gasteiger partial charge in [0.1, 0.15) is 12.6 Å². The highest BCUT2D eigenvalue weighted by atomic mass is 16.5. The number of hydrogen-bond donors (Lipinski definition) is 2. The summed E-state index contributed by atoms with van der Waals surface area (Å²) < 4.78 is 4.47. The number of urea groups is 1. The lowest BCUT2D eigenvalue weighted by Gasteiger charge is -2.28. The zero-order chi connectivity index (χ0) is 14.3. The van der Waals surface area contributed by atoms with Gasteiger partial charge in [0, 0.05) is 6.04 Å². The van der Waals surface area contributed by atoms with E-state index in [1.165, 1.54) is 18.9 Å². The second-order valence-electron chi connectivity index (χ2n) is 3.97. The Morgan fingerprint density at radius 3 is 2.28 bits per heavy atom. The molecule has 0 aliphatic carbocycles. The van der Waals surface area contributed by atoms with Gasteiger partial charge in [-0.1, -0.05) is 6.92 Å². The van der Waals surface area contributed by atoms with Crippen molar-refractivity contribution in [1.82, 2.24) is 10.2 Å². The molecule has 0 bridgehead atoms. The zero-order valence-corrected chi connectivity index (χ0v) is 11.1. The van der Waals surface area contributed by atoms with E-state index < -0.39 is 30.6 Å². The van der Waals surface area contributed by atoms with Crippen LogP contribution in [0.4, 0.5) is 4.79 Å². The van der Waals surface area contributed by atoms with Gasteiger partial charge in [-0.25, -0.2) is 9.59 Å². The third-order valence-electron chi connectivity index (χ3n) is 2.58. The van der Waals surface area contributed by atoms with E-state index in [1.807, 2.05) is 6.92 Å². The summed E-state index contributed by atoms with van der Waals surface area (Å²) in [7, 11) is 1.22. The molecule has 7 heteroatoms. The van der Waals surface area contributed by atoms with Crippen molar-refractivity contribution in [2.45, 2.75) is 39.3 Å². The van der Waals surface area contributed by atoms with Crippen LogP contribution in [0.25, 0.3) is 0 Å². The fourth-order valence-electron chi connectivity index (χ4n) is 1.30. The molecule has 0 fully saturated rings. The van der Waals surface area contributed by atoms with Crippen molar-refractivity contribution in [3.63, 3.8) is 0 Å². The molecule has 2 unspecified atom stereocenters. The molecular weight excluding hydrogens is 240 g/mol. The largest absolute Gasteiger partial charge is 0.480 e. The number of nitrogens with one attached hydrogen (secondary N) is 1. The summed E-state index contributed by atoms with van der Waals surface area (Å²) in [6.07, 6.45) is 0.618. The Kier molecular flexibility index (Phi) is 6.77. The Morgan fingerprint density at radius 2 is 1.89 bits per heavy atom. The van der Waals surface area contributed by atoms with Gasteiger partial charge >= 0.3 is 18.0 Å². The Morgan fingerprint density at radius 1 is 1.33 bits per heavy atom. The van der Waals surface area contributed by atoms with Crippen molar-refractivity contribution in [3.8, 4) is 0 Å². The Balaban J connectivity index is 4.65. The molecule has 0 aromatic heterocycles. The van der Waals surface area contributed by atoms with Crippen molar-refractivity contribution >= 4 is 18.0 Å². The number of hydrogen-bond acceptors (Lipinski definition) is 4. The maximum absolute atomic E-state index is 11.9. The van der Waals surface area contributed by atoms with Crippen molar-refractivity contribution < 1.29 is 24.2 Å². The van der Waals surface area contributed by atoms with Crippen LogP contribution in [0.15, 0.2) is 0 Å². The number of carbonyl (C=O) groups is 3. The fraction of sp³-hybridized carbons (Fsp3) is 0.727. The number of esters is 1. The van der Waals surface area contributed by atoms with Gasteiger partial charge in [-0.05, 0) is 20.3 Å². The third kappa shape index (κ3) is 5.03. The number of carbonyl (C=O) groups excluding carboxylic acids is 2. The number of carboxylic acids is 1. The smallest absolute Gasteiger partial charge is 0.328 e. The highest BCUT2D eigenvalue weighted by Gasteiger charge is 2.24. The summed E-state index contributed by atoms with van der Waals surface area (Å²) in [5.74, 6) is -1.68. The molecule has 0 aliphatic rings. The molecule has 2 atom stereocenters. The van der Waals surface area contributed by atoms with E-state index in [4.69, 9.17) is 5.11 Å². The van der Waals surface area contributed by atoms with E-state index >= 15 is 0 Å². The Labute approximate surface area is 106 Å². The van der Waals surface area contributed by atoms with Crippen LogP contribution in [0, 0.1) is 0 Å². The molecule has 0 rings (SSSR count). The van der Waals surface area contributed by atoms with Crippen molar-refractivity contribution in [2.75, 3.05) is 13.7 Å². The number of aliphatic carboxylic acids is 1. The minimum atomic E-state index is -1.10. The second-order valence-corrected chi connectivity index (χ2v) is 3.97. The van der Waals surface area contributed by atoms with E-state index in [0.717, 1.165) is 0 Å². The molecule has 0 radical (unpaired) electrons. The van der Waals surface area contributed by atoms with Crippen LogP contribution >= 0.6 is 0 Å². The lowest BCUT2D eigenvalue weighted by Crippen LogP contribution is -2.51. The van der Waals surface area contributed by atoms with E-state index in [-0.39, 0.29) is 6.04 Å². The van der Waals surface area contributed by atoms with Crippen LogP contribution < -0.4 is 5.32 Å². The second kappa shape index (κ2) is 7.52. The molecule has 0 aromatic rings. The highest BCUT2D eigenvalue weighted by Crippen LogP contribution is 2.04. The summed E-state index contributed by atoms with van der Waals surface area (Å²) >= 11 is 0. The first-order valence-electron chi connectivity index (χ1n) is 5.70. The molecule has 0 saturated heterocycles. The molecule has 7 nitrogen and oxygen atoms in total. The number of rotatable bonds is 6. The number of carboxylic acid groups (broad SMARTS) is 1. The average molecular weight is 260 g/mol. The molecule has 0 spiro atoms. The number of ether oxygens (including phenoxy) is 1. The minimum Gasteiger partial charge on any atom is -0.480 e. The van der Waals surface area contributed by atoms with Gasteiger partial charge in [0.15, 0.2) is 0 Å². The topological polar surface area (TPSA) is 95.9 Å². The zero-order valence-electron chi connectivity index (χ0n) is 11.1. The molecule has 2 N–H and O–H groups in total. The van der Waals surface area contributed by atoms with Gasteiger partial charge in [0.2, 0.25) is 0 Å². The van der Waals surface area contributed by atoms with Gasteiger partial charge in [-0.3, -0.25) is 4.79 Å². The van der Waals surface area contributed by atoms with Crippen LogP contribution in [-0.4, -0.2) is 53.7 Å². The molecule has 18 heavy (non-hydrogen) atoms. The van der Waals surface area contributed by atoms with Crippen LogP contribution in [0.3, 0.4) is 0 Å². The average Bonchev–Trinajstić information content (AvgIpc) is 2.33. The molecule has 0 aliphatic heterocycles. The summed E-state index contributed by atoms with van der Waals surface area (Å²) in [6, 6.07) is -1.64. The summed E-state index contributed by atoms with van der Waals surface area (Å²) in [6.45, 7) is 4.65. The van der Waals surface area contributed by atoms with Gasteiger partial charge < -0.3 is 20.1 Å². The normalized spacial score (nSPS) is 13.3. The lowest BCUT2D eigenvalue weighted by atomic mass is 10.2. The van der Waals surface area contributed by atoms with Crippen molar-refractivity contribution in [3.05, 3.63) is 0 Å². The van der Waals surface area contributed by atoms with Gasteiger partial charge in [0.05, 0.1) is 7.11 Å². The maximum Gasteiger partial charge on any atom is 0.328 e. The monoisotopic (exact) mass is 260 g/mol. The molecule has 104 valence electrons. The molecule has 2 amide bonds. The molecule has 0 aromatic carbocycles. The van der Waals surface area contributed by atoms with E-state index in [1.54, 1.807) is 6.92 Å². The van der Waals surface area contributed by atoms with Crippen LogP contribution in [0.2, 0.25) is 0 Å². The van der Waals surface area contributed by atoms with Crippen LogP contribution in [0.5, 0.6) is 0 Å². The first-order chi connectivity index (χ1) is 8.33. The van der Waals surface area contributed by atoms with Crippen LogP contribution in [0.1, 0.15) is 27.2 Å². The summed E-state index contributed by atoms with van der Waals surface area (Å²) in [4.78, 5) is 34.9. The Hall–Kier alpha value is -1.79. The van der Waals surface area contributed by atoms with E-state index in [2.05, 4.69) is 10.1 Å². The van der Waals surface area contributed by atoms with Gasteiger partial charge in [0.25, 0.3) is 0 Å². The predicted molar refractivity (Wildman–Crippen MR) is 64.1 cm³/mol. The molecule has 0 heterocycles. The highest BCUT2D eigenvalue weighted by molar-refractivity contribution is 5.85. The first kappa shape index (κ1) is 16.2. The first-order valence-corrected chi connectivity index (χ1v) is 5.70. The molecule has 0 saturated carbocycles. The van der Waals surface area contributed by atoms with Crippen LogP contribution in [-0.2, 0) is 14.3 Å². The summed E-state index contributed by atoms with van der Waals surface area (Å²) in [5, 5.41) is 11.2. The number of amides is 2. The third-order valence-corrected chi connectivity index (χ3v) is 2.58. The van der Waals surface area contributed by atoms with Crippen molar-refractivity contribution in [2.24, 2.45) is 0 Å². The SMILES string of the molecule is CCC(C)N(CC(=O)O)C(=O)NC(C)C(=O)OC. The van der Waals surface area contributed by atoms with E-state index in [9.17, 15) is 14.4 Å². The van der Waals surface area contributed by atoms with E-state index in [0.29, 0.717) is 6.42 Å². The lowest BCUT2D eigenvalue weighted by molar-refractivity contribution is -0.142. The standard InChI is InChI=1S/C11H20N2O5/c1-5-7(2)13(6-9(14)15)11(17)12-8(3)10(16)18-4/h7-8H,5-6H2,1-4H3,(H,12,17)(H,14,15). The van der Waals surface area contributed by atoms with Gasteiger partial charge in [-0.15, -0.1) is 0 Å². The van der Waals surface area contributed by atoms with Crippen molar-refractivity contribution in [1.29, 1.82) is 0 Å². The predicted octanol–water partition coefficient (Wildman–Crippen LogP) is 0.443. The minimum absolute atomic E-state index is 0.231. The number of methoxy groups -OCH3 is 1.